The van der Waals surface area contributed by atoms with Crippen LogP contribution in [0.4, 0.5) is 4.79 Å². The van der Waals surface area contributed by atoms with Gasteiger partial charge in [0.05, 0.1) is 0 Å². The smallest absolute Gasteiger partial charge is 0.407 e. The molecule has 2 amide bonds. The second-order valence-corrected chi connectivity index (χ2v) is 7.03. The van der Waals surface area contributed by atoms with E-state index in [9.17, 15) is 14.7 Å². The largest absolute Gasteiger partial charge is 0.444 e. The molecule has 1 heterocycles. The fourth-order valence-electron chi connectivity index (χ4n) is 2.94. The number of alkyl carbamates (subject to hydrolysis) is 1. The Labute approximate surface area is 153 Å². The standard InChI is InChI=1S/C19H24N2O5/c1-18(2,3)26-17(24)20-12-13-21-15-14(22)10-8-6-5-7-9-11-19(15,25-4)16(21)23/h5-6,14-15,22H,11-13H2,1-4H3,(H,20,24)/b6-5-/t14-,15+,19-/m1/s1. The van der Waals surface area contributed by atoms with Crippen LogP contribution in [-0.2, 0) is 14.3 Å². The summed E-state index contributed by atoms with van der Waals surface area (Å²) in [6.07, 6.45) is 1.62. The third-order valence-corrected chi connectivity index (χ3v) is 4.05. The minimum Gasteiger partial charge on any atom is -0.444 e. The number of allylic oxidation sites excluding steroid dienone is 2. The molecule has 0 radical (unpaired) electrons. The Kier molecular flexibility index (Phi) is 5.97. The third-order valence-electron chi connectivity index (χ3n) is 4.05. The van der Waals surface area contributed by atoms with Crippen LogP contribution in [0.2, 0.25) is 0 Å². The van der Waals surface area contributed by atoms with E-state index in [1.807, 2.05) is 0 Å². The van der Waals surface area contributed by atoms with E-state index >= 15 is 0 Å². The number of methoxy groups -OCH3 is 1. The van der Waals surface area contributed by atoms with Gasteiger partial charge in [-0.25, -0.2) is 4.79 Å². The third kappa shape index (κ3) is 4.19. The number of β-lactam (4-membered cyclic amide) rings is 1. The number of rotatable bonds is 4. The molecule has 1 fully saturated rings. The maximum atomic E-state index is 12.7. The summed E-state index contributed by atoms with van der Waals surface area (Å²) < 4.78 is 10.6. The van der Waals surface area contributed by atoms with Crippen molar-refractivity contribution in [2.75, 3.05) is 20.2 Å². The lowest BCUT2D eigenvalue weighted by atomic mass is 9.76. The van der Waals surface area contributed by atoms with Crippen LogP contribution in [0, 0.1) is 23.7 Å². The van der Waals surface area contributed by atoms with Gasteiger partial charge < -0.3 is 24.8 Å². The Morgan fingerprint density at radius 1 is 1.42 bits per heavy atom. The summed E-state index contributed by atoms with van der Waals surface area (Å²) in [4.78, 5) is 25.8. The molecular formula is C19H24N2O5. The molecule has 1 aliphatic heterocycles. The quantitative estimate of drug-likeness (QED) is 0.561. The van der Waals surface area contributed by atoms with Gasteiger partial charge in [0, 0.05) is 26.6 Å². The first-order chi connectivity index (χ1) is 12.2. The molecule has 0 bridgehead atoms. The lowest BCUT2D eigenvalue weighted by Crippen LogP contribution is -2.78. The molecule has 7 heteroatoms. The van der Waals surface area contributed by atoms with E-state index in [0.717, 1.165) is 0 Å². The van der Waals surface area contributed by atoms with Crippen molar-refractivity contribution in [3.05, 3.63) is 12.2 Å². The first-order valence-electron chi connectivity index (χ1n) is 8.37. The first-order valence-corrected chi connectivity index (χ1v) is 8.37. The normalized spacial score (nSPS) is 28.3. The van der Waals surface area contributed by atoms with Crippen LogP contribution in [0.5, 0.6) is 0 Å². The Bertz CT molecular complexity index is 716. The topological polar surface area (TPSA) is 88.1 Å². The van der Waals surface area contributed by atoms with Gasteiger partial charge in [0.15, 0.2) is 5.60 Å². The van der Waals surface area contributed by atoms with E-state index in [4.69, 9.17) is 9.47 Å². The van der Waals surface area contributed by atoms with Crippen LogP contribution < -0.4 is 5.32 Å². The number of ether oxygens (including phenoxy) is 2. The van der Waals surface area contributed by atoms with Crippen LogP contribution in [0.3, 0.4) is 0 Å². The Hall–Kier alpha value is -2.48. The minimum absolute atomic E-state index is 0.159. The molecular weight excluding hydrogens is 336 g/mol. The average molecular weight is 360 g/mol. The number of hydrogen-bond donors (Lipinski definition) is 2. The molecule has 0 spiro atoms. The van der Waals surface area contributed by atoms with Crippen molar-refractivity contribution < 1.29 is 24.2 Å². The van der Waals surface area contributed by atoms with E-state index in [1.54, 1.807) is 32.9 Å². The summed E-state index contributed by atoms with van der Waals surface area (Å²) >= 11 is 0. The van der Waals surface area contributed by atoms with Crippen molar-refractivity contribution in [1.29, 1.82) is 0 Å². The van der Waals surface area contributed by atoms with Crippen molar-refractivity contribution in [1.82, 2.24) is 10.2 Å². The molecule has 140 valence electrons. The minimum atomic E-state index is -1.22. The predicted molar refractivity (Wildman–Crippen MR) is 94.8 cm³/mol. The van der Waals surface area contributed by atoms with Gasteiger partial charge >= 0.3 is 6.09 Å². The molecule has 0 aromatic carbocycles. The number of carbonyl (C=O) groups is 2. The molecule has 7 nitrogen and oxygen atoms in total. The second-order valence-electron chi connectivity index (χ2n) is 7.03. The summed E-state index contributed by atoms with van der Waals surface area (Å²) in [5.41, 5.74) is -1.83. The molecule has 2 aliphatic rings. The summed E-state index contributed by atoms with van der Waals surface area (Å²) in [5.74, 6) is 10.8. The number of amides is 2. The number of likely N-dealkylation sites (tertiary alicyclic amines) is 1. The molecule has 3 atom stereocenters. The number of nitrogens with one attached hydrogen (secondary N) is 1. The molecule has 26 heavy (non-hydrogen) atoms. The van der Waals surface area contributed by atoms with Gasteiger partial charge in [-0.2, -0.15) is 0 Å². The summed E-state index contributed by atoms with van der Waals surface area (Å²) in [6.45, 7) is 5.69. The SMILES string of the molecule is CO[C@]12CC#C/C=C\C#C[C@@H](O)[C@@H]1N(CCNC(=O)OC(C)(C)C)C2=O. The lowest BCUT2D eigenvalue weighted by Gasteiger charge is -2.55. The maximum absolute atomic E-state index is 12.7. The summed E-state index contributed by atoms with van der Waals surface area (Å²) in [6, 6.07) is -0.659. The van der Waals surface area contributed by atoms with Gasteiger partial charge in [0.1, 0.15) is 17.7 Å². The first kappa shape index (κ1) is 19.8. The molecule has 1 saturated heterocycles. The molecule has 0 unspecified atom stereocenters. The second kappa shape index (κ2) is 7.82. The Morgan fingerprint density at radius 2 is 2.12 bits per heavy atom. The van der Waals surface area contributed by atoms with E-state index in [1.165, 1.54) is 12.0 Å². The Balaban J connectivity index is 2.06. The highest BCUT2D eigenvalue weighted by Crippen LogP contribution is 2.38. The van der Waals surface area contributed by atoms with Gasteiger partial charge in [0.2, 0.25) is 0 Å². The number of aliphatic hydroxyl groups is 1. The van der Waals surface area contributed by atoms with E-state index in [-0.39, 0.29) is 25.4 Å². The van der Waals surface area contributed by atoms with Crippen LogP contribution in [-0.4, -0.2) is 65.6 Å². The monoisotopic (exact) mass is 360 g/mol. The molecule has 2 rings (SSSR count). The van der Waals surface area contributed by atoms with Crippen molar-refractivity contribution in [2.45, 2.75) is 50.5 Å². The molecule has 0 aromatic heterocycles. The van der Waals surface area contributed by atoms with Crippen LogP contribution in [0.25, 0.3) is 0 Å². The highest BCUT2D eigenvalue weighted by Gasteiger charge is 2.63. The van der Waals surface area contributed by atoms with E-state index < -0.39 is 29.4 Å². The number of hydrogen-bond acceptors (Lipinski definition) is 5. The van der Waals surface area contributed by atoms with Gasteiger partial charge in [-0.05, 0) is 32.9 Å². The number of fused-ring (bicyclic) bond motifs is 1. The van der Waals surface area contributed by atoms with Gasteiger partial charge in [-0.15, -0.1) is 0 Å². The van der Waals surface area contributed by atoms with Crippen LogP contribution >= 0.6 is 0 Å². The zero-order chi connectivity index (χ0) is 19.4. The van der Waals surface area contributed by atoms with Crippen molar-refractivity contribution in [3.8, 4) is 23.7 Å². The molecule has 1 aliphatic carbocycles. The molecule has 2 N–H and O–H groups in total. The zero-order valence-electron chi connectivity index (χ0n) is 15.5. The maximum Gasteiger partial charge on any atom is 0.407 e. The van der Waals surface area contributed by atoms with Gasteiger partial charge in [-0.1, -0.05) is 23.7 Å². The highest BCUT2D eigenvalue weighted by molar-refractivity contribution is 5.94. The van der Waals surface area contributed by atoms with E-state index in [2.05, 4.69) is 29.0 Å². The average Bonchev–Trinajstić information content (AvgIpc) is 2.55. The lowest BCUT2D eigenvalue weighted by molar-refractivity contribution is -0.206. The highest BCUT2D eigenvalue weighted by atomic mass is 16.6. The predicted octanol–water partition coefficient (Wildman–Crippen LogP) is 0.435. The summed E-state index contributed by atoms with van der Waals surface area (Å²) in [7, 11) is 1.42. The number of nitrogens with zero attached hydrogens (tertiary/aromatic N) is 1. The summed E-state index contributed by atoms with van der Waals surface area (Å²) in [5, 5.41) is 13.0. The van der Waals surface area contributed by atoms with Crippen molar-refractivity contribution in [3.63, 3.8) is 0 Å². The van der Waals surface area contributed by atoms with Crippen molar-refractivity contribution >= 4 is 12.0 Å². The molecule has 0 saturated carbocycles. The van der Waals surface area contributed by atoms with Crippen LogP contribution in [0.1, 0.15) is 27.2 Å². The zero-order valence-corrected chi connectivity index (χ0v) is 15.5. The number of aliphatic hydroxyl groups excluding tert-OH is 1. The van der Waals surface area contributed by atoms with E-state index in [0.29, 0.717) is 0 Å². The van der Waals surface area contributed by atoms with Crippen molar-refractivity contribution in [2.24, 2.45) is 0 Å². The molecule has 0 aromatic rings. The Morgan fingerprint density at radius 3 is 2.77 bits per heavy atom. The number of carbonyl (C=O) groups excluding carboxylic acids is 2. The fourth-order valence-corrected chi connectivity index (χ4v) is 2.94. The van der Waals surface area contributed by atoms with Crippen LogP contribution in [0.15, 0.2) is 12.2 Å². The van der Waals surface area contributed by atoms with Gasteiger partial charge in [-0.3, -0.25) is 4.79 Å². The van der Waals surface area contributed by atoms with Gasteiger partial charge in [0.25, 0.3) is 5.91 Å². The fraction of sp³-hybridized carbons (Fsp3) is 0.579.